The van der Waals surface area contributed by atoms with Gasteiger partial charge in [0, 0.05) is 16.9 Å². The largest absolute Gasteiger partial charge is 0.493 e. The molecular weight excluding hydrogens is 336 g/mol. The second-order valence-corrected chi connectivity index (χ2v) is 7.44. The van der Waals surface area contributed by atoms with Crippen LogP contribution < -0.4 is 19.7 Å². The van der Waals surface area contributed by atoms with Crippen LogP contribution in [-0.2, 0) is 17.8 Å². The van der Waals surface area contributed by atoms with E-state index < -0.39 is 0 Å². The van der Waals surface area contributed by atoms with E-state index in [0.717, 1.165) is 41.6 Å². The maximum Gasteiger partial charge on any atom is 0.294 e. The Balaban J connectivity index is 1.59. The molecule has 4 rings (SSSR count). The van der Waals surface area contributed by atoms with Crippen LogP contribution in [0, 0.1) is 0 Å². The number of benzene rings is 2. The molecule has 5 nitrogen and oxygen atoms in total. The van der Waals surface area contributed by atoms with E-state index in [2.05, 4.69) is 17.4 Å². The van der Waals surface area contributed by atoms with Gasteiger partial charge in [-0.2, -0.15) is 0 Å². The third-order valence-corrected chi connectivity index (χ3v) is 6.23. The van der Waals surface area contributed by atoms with Gasteiger partial charge in [-0.05, 0) is 29.8 Å². The molecule has 2 aromatic carbocycles. The number of carbonyl (C=O) groups is 1. The first kappa shape index (κ1) is 16.3. The lowest BCUT2D eigenvalue weighted by Crippen LogP contribution is -3.16. The number of hydrogen-bond donors (Lipinski definition) is 2. The molecule has 0 aromatic heterocycles. The van der Waals surface area contributed by atoms with Gasteiger partial charge in [0.1, 0.15) is 6.54 Å². The van der Waals surface area contributed by atoms with E-state index in [1.54, 1.807) is 26.0 Å². The molecule has 0 saturated carbocycles. The molecule has 2 aromatic rings. The minimum atomic E-state index is -0.129. The summed E-state index contributed by atoms with van der Waals surface area (Å²) >= 11 is 1.66. The van der Waals surface area contributed by atoms with E-state index in [1.165, 1.54) is 16.0 Å². The fourth-order valence-electron chi connectivity index (χ4n) is 3.53. The number of thioether (sulfide) groups is 1. The fourth-order valence-corrected chi connectivity index (χ4v) is 4.72. The van der Waals surface area contributed by atoms with Crippen LogP contribution in [0.2, 0.25) is 0 Å². The molecule has 2 aliphatic rings. The van der Waals surface area contributed by atoms with Crippen molar-refractivity contribution in [1.82, 2.24) is 0 Å². The van der Waals surface area contributed by atoms with E-state index in [1.807, 2.05) is 24.3 Å². The van der Waals surface area contributed by atoms with Crippen molar-refractivity contribution >= 4 is 23.4 Å². The summed E-state index contributed by atoms with van der Waals surface area (Å²) < 4.78 is 10.8. The molecule has 0 saturated heterocycles. The lowest BCUT2D eigenvalue weighted by molar-refractivity contribution is -0.917. The molecule has 2 aliphatic heterocycles. The summed E-state index contributed by atoms with van der Waals surface area (Å²) in [6, 6.07) is 12.1. The fraction of sp³-hybridized carbons (Fsp3) is 0.316. The normalized spacial score (nSPS) is 21.8. The summed E-state index contributed by atoms with van der Waals surface area (Å²) in [4.78, 5) is 15.0. The molecule has 0 aliphatic carbocycles. The molecule has 0 fully saturated rings. The molecule has 2 heterocycles. The van der Waals surface area contributed by atoms with Crippen LogP contribution in [0.5, 0.6) is 11.5 Å². The number of methoxy groups -OCH3 is 2. The summed E-state index contributed by atoms with van der Waals surface area (Å²) in [5.41, 5.74) is 3.42. The predicted octanol–water partition coefficient (Wildman–Crippen LogP) is 1.72. The average molecular weight is 357 g/mol. The predicted molar refractivity (Wildman–Crippen MR) is 97.5 cm³/mol. The van der Waals surface area contributed by atoms with Crippen molar-refractivity contribution in [2.24, 2.45) is 0 Å². The number of para-hydroxylation sites is 1. The van der Waals surface area contributed by atoms with Gasteiger partial charge >= 0.3 is 0 Å². The van der Waals surface area contributed by atoms with Gasteiger partial charge in [-0.3, -0.25) is 4.79 Å². The van der Waals surface area contributed by atoms with Gasteiger partial charge in [-0.25, -0.2) is 0 Å². The van der Waals surface area contributed by atoms with Gasteiger partial charge in [0.25, 0.3) is 5.91 Å². The second kappa shape index (κ2) is 6.61. The minimum Gasteiger partial charge on any atom is -0.493 e. The summed E-state index contributed by atoms with van der Waals surface area (Å²) in [5.74, 6) is 1.60. The van der Waals surface area contributed by atoms with Gasteiger partial charge in [-0.1, -0.05) is 23.9 Å². The summed E-state index contributed by atoms with van der Waals surface area (Å²) in [7, 11) is 3.31. The van der Waals surface area contributed by atoms with Crippen molar-refractivity contribution in [1.29, 1.82) is 0 Å². The molecule has 2 N–H and O–H groups in total. The van der Waals surface area contributed by atoms with Crippen LogP contribution in [0.3, 0.4) is 0 Å². The Labute approximate surface area is 151 Å². The van der Waals surface area contributed by atoms with E-state index >= 15 is 0 Å². The van der Waals surface area contributed by atoms with E-state index in [9.17, 15) is 4.79 Å². The number of amides is 1. The third-order valence-electron chi connectivity index (χ3n) is 4.84. The number of hydrogen-bond acceptors (Lipinski definition) is 4. The Bertz CT molecular complexity index is 824. The SMILES string of the molecule is COc1cc2c(cc1OC)C[NH+]([C@@H]1Sc3ccccc3NC1=O)CC2. The van der Waals surface area contributed by atoms with Crippen LogP contribution in [0.4, 0.5) is 5.69 Å². The smallest absolute Gasteiger partial charge is 0.294 e. The van der Waals surface area contributed by atoms with E-state index in [0.29, 0.717) is 0 Å². The minimum absolute atomic E-state index is 0.0858. The Kier molecular flexibility index (Phi) is 4.31. The standard InChI is InChI=1S/C19H20N2O3S/c1-23-15-9-12-7-8-21(11-13(12)10-16(15)24-2)19-18(22)20-14-5-3-4-6-17(14)25-19/h3-6,9-10,19H,7-8,11H2,1-2H3,(H,20,22)/p+1/t19-/m1/s1. The first-order valence-electron chi connectivity index (χ1n) is 8.34. The van der Waals surface area contributed by atoms with Gasteiger partial charge in [0.05, 0.1) is 26.5 Å². The Morgan fingerprint density at radius 1 is 1.12 bits per heavy atom. The average Bonchev–Trinajstić information content (AvgIpc) is 2.65. The van der Waals surface area contributed by atoms with Crippen molar-refractivity contribution in [3.8, 4) is 11.5 Å². The van der Waals surface area contributed by atoms with Gasteiger partial charge < -0.3 is 19.7 Å². The summed E-state index contributed by atoms with van der Waals surface area (Å²) in [5, 5.41) is 2.92. The summed E-state index contributed by atoms with van der Waals surface area (Å²) in [6.07, 6.45) is 0.928. The van der Waals surface area contributed by atoms with Crippen LogP contribution in [-0.4, -0.2) is 32.0 Å². The number of ether oxygens (including phenoxy) is 2. The number of quaternary nitrogens is 1. The molecule has 25 heavy (non-hydrogen) atoms. The van der Waals surface area contributed by atoms with Crippen LogP contribution in [0.25, 0.3) is 0 Å². The van der Waals surface area contributed by atoms with Crippen molar-refractivity contribution in [3.63, 3.8) is 0 Å². The Morgan fingerprint density at radius 2 is 1.84 bits per heavy atom. The molecule has 0 spiro atoms. The first-order chi connectivity index (χ1) is 12.2. The molecular formula is C19H21N2O3S+. The van der Waals surface area contributed by atoms with Crippen LogP contribution >= 0.6 is 11.8 Å². The van der Waals surface area contributed by atoms with Crippen molar-refractivity contribution < 1.29 is 19.2 Å². The molecule has 1 amide bonds. The van der Waals surface area contributed by atoms with Gasteiger partial charge in [-0.15, -0.1) is 0 Å². The number of carbonyl (C=O) groups excluding carboxylic acids is 1. The topological polar surface area (TPSA) is 52.0 Å². The number of nitrogens with one attached hydrogen (secondary N) is 2. The zero-order chi connectivity index (χ0) is 17.4. The zero-order valence-electron chi connectivity index (χ0n) is 14.3. The number of fused-ring (bicyclic) bond motifs is 2. The van der Waals surface area contributed by atoms with Crippen LogP contribution in [0.1, 0.15) is 11.1 Å². The highest BCUT2D eigenvalue weighted by Crippen LogP contribution is 2.34. The van der Waals surface area contributed by atoms with Crippen LogP contribution in [0.15, 0.2) is 41.3 Å². The van der Waals surface area contributed by atoms with Gasteiger partial charge in [0.2, 0.25) is 5.37 Å². The van der Waals surface area contributed by atoms with Crippen molar-refractivity contribution in [2.45, 2.75) is 23.2 Å². The molecule has 130 valence electrons. The van der Waals surface area contributed by atoms with Gasteiger partial charge in [0.15, 0.2) is 11.5 Å². The summed E-state index contributed by atoms with van der Waals surface area (Å²) in [6.45, 7) is 1.73. The Hall–Kier alpha value is -2.18. The first-order valence-corrected chi connectivity index (χ1v) is 9.22. The van der Waals surface area contributed by atoms with Crippen molar-refractivity contribution in [2.75, 3.05) is 26.1 Å². The number of anilines is 1. The monoisotopic (exact) mass is 357 g/mol. The third kappa shape index (κ3) is 2.96. The molecule has 2 atom stereocenters. The van der Waals surface area contributed by atoms with Crippen molar-refractivity contribution in [3.05, 3.63) is 47.5 Å². The highest BCUT2D eigenvalue weighted by atomic mass is 32.2. The maximum absolute atomic E-state index is 12.6. The lowest BCUT2D eigenvalue weighted by Gasteiger charge is -2.34. The maximum atomic E-state index is 12.6. The second-order valence-electron chi connectivity index (χ2n) is 6.29. The highest BCUT2D eigenvalue weighted by molar-refractivity contribution is 8.00. The number of rotatable bonds is 3. The quantitative estimate of drug-likeness (QED) is 0.878. The molecule has 0 radical (unpaired) electrons. The molecule has 6 heteroatoms. The van der Waals surface area contributed by atoms with E-state index in [4.69, 9.17) is 9.47 Å². The lowest BCUT2D eigenvalue weighted by atomic mass is 9.98. The molecule has 0 bridgehead atoms. The molecule has 1 unspecified atom stereocenters. The zero-order valence-corrected chi connectivity index (χ0v) is 15.1. The Morgan fingerprint density at radius 3 is 2.60 bits per heavy atom. The highest BCUT2D eigenvalue weighted by Gasteiger charge is 2.37. The van der Waals surface area contributed by atoms with E-state index in [-0.39, 0.29) is 11.3 Å².